The van der Waals surface area contributed by atoms with E-state index in [1.165, 1.54) is 21.6 Å². The quantitative estimate of drug-likeness (QED) is 0.870. The van der Waals surface area contributed by atoms with Crippen LogP contribution in [0.2, 0.25) is 0 Å². The number of nitrogens with one attached hydrogen (secondary N) is 1. The van der Waals surface area contributed by atoms with E-state index in [4.69, 9.17) is 0 Å². The Kier molecular flexibility index (Phi) is 5.35. The first kappa shape index (κ1) is 15.2. The standard InChI is InChI=1S/C17H24N2S/c1-13-7-8-15(14(2)10-13)11-18-12-16(19(3)4)17-6-5-9-20-17/h5-10,16,18H,11-12H2,1-4H3. The summed E-state index contributed by atoms with van der Waals surface area (Å²) in [5, 5.41) is 5.75. The number of rotatable bonds is 6. The summed E-state index contributed by atoms with van der Waals surface area (Å²) in [6.45, 7) is 6.23. The molecule has 2 rings (SSSR count). The SMILES string of the molecule is Cc1ccc(CNCC(c2cccs2)N(C)C)c(C)c1. The molecule has 2 aromatic rings. The predicted octanol–water partition coefficient (Wildman–Crippen LogP) is 3.76. The lowest BCUT2D eigenvalue weighted by molar-refractivity contribution is 0.292. The van der Waals surface area contributed by atoms with Gasteiger partial charge < -0.3 is 10.2 Å². The topological polar surface area (TPSA) is 15.3 Å². The van der Waals surface area contributed by atoms with Crippen molar-refractivity contribution in [2.75, 3.05) is 20.6 Å². The highest BCUT2D eigenvalue weighted by Crippen LogP contribution is 2.22. The second-order valence-corrected chi connectivity index (χ2v) is 6.53. The Morgan fingerprint density at radius 2 is 2.00 bits per heavy atom. The van der Waals surface area contributed by atoms with Crippen LogP contribution in [0.4, 0.5) is 0 Å². The van der Waals surface area contributed by atoms with Gasteiger partial charge in [-0.1, -0.05) is 29.8 Å². The predicted molar refractivity (Wildman–Crippen MR) is 88.4 cm³/mol. The Labute approximate surface area is 126 Å². The van der Waals surface area contributed by atoms with Crippen molar-refractivity contribution in [3.8, 4) is 0 Å². The first-order valence-corrected chi connectivity index (χ1v) is 7.92. The van der Waals surface area contributed by atoms with Gasteiger partial charge in [-0.3, -0.25) is 0 Å². The van der Waals surface area contributed by atoms with Crippen LogP contribution in [-0.4, -0.2) is 25.5 Å². The minimum Gasteiger partial charge on any atom is -0.311 e. The molecule has 1 aromatic carbocycles. The molecule has 1 unspecified atom stereocenters. The molecule has 0 amide bonds. The van der Waals surface area contributed by atoms with Gasteiger partial charge in [-0.15, -0.1) is 11.3 Å². The van der Waals surface area contributed by atoms with Gasteiger partial charge in [0.25, 0.3) is 0 Å². The van der Waals surface area contributed by atoms with Crippen LogP contribution >= 0.6 is 11.3 Å². The number of aryl methyl sites for hydroxylation is 2. The highest BCUT2D eigenvalue weighted by atomic mass is 32.1. The Morgan fingerprint density at radius 1 is 1.20 bits per heavy atom. The van der Waals surface area contributed by atoms with Gasteiger partial charge in [-0.05, 0) is 50.5 Å². The fraction of sp³-hybridized carbons (Fsp3) is 0.412. The van der Waals surface area contributed by atoms with Crippen LogP contribution in [0.25, 0.3) is 0 Å². The summed E-state index contributed by atoms with van der Waals surface area (Å²) in [6.07, 6.45) is 0. The third-order valence-corrected chi connectivity index (χ3v) is 4.62. The van der Waals surface area contributed by atoms with Crippen molar-refractivity contribution in [2.24, 2.45) is 0 Å². The van der Waals surface area contributed by atoms with Crippen LogP contribution in [0.15, 0.2) is 35.7 Å². The average molecular weight is 288 g/mol. The second-order valence-electron chi connectivity index (χ2n) is 5.56. The molecule has 0 fully saturated rings. The monoisotopic (exact) mass is 288 g/mol. The lowest BCUT2D eigenvalue weighted by Crippen LogP contribution is -2.30. The van der Waals surface area contributed by atoms with Crippen LogP contribution in [-0.2, 0) is 6.54 Å². The van der Waals surface area contributed by atoms with E-state index >= 15 is 0 Å². The van der Waals surface area contributed by atoms with E-state index in [0.717, 1.165) is 13.1 Å². The van der Waals surface area contributed by atoms with Gasteiger partial charge in [0, 0.05) is 18.0 Å². The van der Waals surface area contributed by atoms with Gasteiger partial charge in [0.15, 0.2) is 0 Å². The molecule has 108 valence electrons. The summed E-state index contributed by atoms with van der Waals surface area (Å²) in [5.74, 6) is 0. The van der Waals surface area contributed by atoms with Crippen molar-refractivity contribution >= 4 is 11.3 Å². The zero-order valence-electron chi connectivity index (χ0n) is 12.8. The molecule has 3 heteroatoms. The van der Waals surface area contributed by atoms with Crippen molar-refractivity contribution in [1.82, 2.24) is 10.2 Å². The Morgan fingerprint density at radius 3 is 2.60 bits per heavy atom. The average Bonchev–Trinajstić information content (AvgIpc) is 2.90. The lowest BCUT2D eigenvalue weighted by Gasteiger charge is -2.24. The van der Waals surface area contributed by atoms with Gasteiger partial charge in [0.1, 0.15) is 0 Å². The fourth-order valence-corrected chi connectivity index (χ4v) is 3.33. The van der Waals surface area contributed by atoms with Crippen LogP contribution in [0.5, 0.6) is 0 Å². The van der Waals surface area contributed by atoms with Crippen molar-refractivity contribution in [3.05, 3.63) is 57.3 Å². The number of hydrogen-bond acceptors (Lipinski definition) is 3. The highest BCUT2D eigenvalue weighted by Gasteiger charge is 2.14. The van der Waals surface area contributed by atoms with Crippen molar-refractivity contribution in [1.29, 1.82) is 0 Å². The van der Waals surface area contributed by atoms with Crippen LogP contribution in [0.3, 0.4) is 0 Å². The molecule has 1 atom stereocenters. The number of benzene rings is 1. The zero-order chi connectivity index (χ0) is 14.5. The molecule has 0 bridgehead atoms. The summed E-state index contributed by atoms with van der Waals surface area (Å²) in [4.78, 5) is 3.70. The first-order chi connectivity index (χ1) is 9.58. The number of likely N-dealkylation sites (N-methyl/N-ethyl adjacent to an activating group) is 1. The molecular formula is C17H24N2S. The van der Waals surface area contributed by atoms with Gasteiger partial charge >= 0.3 is 0 Å². The molecule has 0 spiro atoms. The number of thiophene rings is 1. The maximum Gasteiger partial charge on any atom is 0.0561 e. The summed E-state index contributed by atoms with van der Waals surface area (Å²) >= 11 is 1.83. The number of hydrogen-bond donors (Lipinski definition) is 1. The fourth-order valence-electron chi connectivity index (χ4n) is 2.41. The molecule has 20 heavy (non-hydrogen) atoms. The summed E-state index contributed by atoms with van der Waals surface area (Å²) in [6, 6.07) is 11.5. The van der Waals surface area contributed by atoms with E-state index in [1.54, 1.807) is 0 Å². The third-order valence-electron chi connectivity index (χ3n) is 3.65. The van der Waals surface area contributed by atoms with E-state index in [2.05, 4.69) is 73.9 Å². The zero-order valence-corrected chi connectivity index (χ0v) is 13.6. The maximum absolute atomic E-state index is 3.60. The van der Waals surface area contributed by atoms with Gasteiger partial charge in [-0.25, -0.2) is 0 Å². The molecule has 0 aliphatic rings. The maximum atomic E-state index is 3.60. The largest absolute Gasteiger partial charge is 0.311 e. The van der Waals surface area contributed by atoms with E-state index in [9.17, 15) is 0 Å². The molecule has 0 aliphatic heterocycles. The molecule has 1 N–H and O–H groups in total. The second kappa shape index (κ2) is 7.02. The summed E-state index contributed by atoms with van der Waals surface area (Å²) < 4.78 is 0. The van der Waals surface area contributed by atoms with E-state index < -0.39 is 0 Å². The normalized spacial score (nSPS) is 12.8. The third kappa shape index (κ3) is 3.92. The van der Waals surface area contributed by atoms with E-state index in [0.29, 0.717) is 6.04 Å². The molecule has 1 aromatic heterocycles. The van der Waals surface area contributed by atoms with Gasteiger partial charge in [-0.2, -0.15) is 0 Å². The summed E-state index contributed by atoms with van der Waals surface area (Å²) in [7, 11) is 4.28. The van der Waals surface area contributed by atoms with E-state index in [-0.39, 0.29) is 0 Å². The molecule has 0 saturated carbocycles. The molecular weight excluding hydrogens is 264 g/mol. The molecule has 2 nitrogen and oxygen atoms in total. The Bertz CT molecular complexity index is 532. The van der Waals surface area contributed by atoms with Crippen LogP contribution < -0.4 is 5.32 Å². The van der Waals surface area contributed by atoms with Crippen molar-refractivity contribution in [3.63, 3.8) is 0 Å². The van der Waals surface area contributed by atoms with Crippen molar-refractivity contribution in [2.45, 2.75) is 26.4 Å². The Hall–Kier alpha value is -1.16. The van der Waals surface area contributed by atoms with E-state index in [1.807, 2.05) is 11.3 Å². The minimum absolute atomic E-state index is 0.445. The Balaban J connectivity index is 1.94. The lowest BCUT2D eigenvalue weighted by atomic mass is 10.1. The molecule has 0 radical (unpaired) electrons. The molecule has 1 heterocycles. The smallest absolute Gasteiger partial charge is 0.0561 e. The number of nitrogens with zero attached hydrogens (tertiary/aromatic N) is 1. The highest BCUT2D eigenvalue weighted by molar-refractivity contribution is 7.10. The molecule has 0 aliphatic carbocycles. The van der Waals surface area contributed by atoms with Crippen molar-refractivity contribution < 1.29 is 0 Å². The molecule has 0 saturated heterocycles. The van der Waals surface area contributed by atoms with Gasteiger partial charge in [0.05, 0.1) is 6.04 Å². The van der Waals surface area contributed by atoms with Gasteiger partial charge in [0.2, 0.25) is 0 Å². The minimum atomic E-state index is 0.445. The first-order valence-electron chi connectivity index (χ1n) is 7.04. The van der Waals surface area contributed by atoms with Crippen LogP contribution in [0, 0.1) is 13.8 Å². The van der Waals surface area contributed by atoms with Crippen LogP contribution in [0.1, 0.15) is 27.6 Å². The summed E-state index contributed by atoms with van der Waals surface area (Å²) in [5.41, 5.74) is 4.09.